The molecule has 13 aromatic rings. The van der Waals surface area contributed by atoms with E-state index in [2.05, 4.69) is 401 Å². The van der Waals surface area contributed by atoms with Crippen molar-refractivity contribution in [2.24, 2.45) is 4.99 Å². The number of benzene rings is 5. The Morgan fingerprint density at radius 3 is 1.01 bits per heavy atom. The van der Waals surface area contributed by atoms with E-state index in [-0.39, 0.29) is 91.3 Å². The van der Waals surface area contributed by atoms with Crippen molar-refractivity contribution in [1.29, 1.82) is 0 Å². The molecule has 0 fully saturated rings. The molecule has 16 rings (SSSR count). The Morgan fingerprint density at radius 1 is 0.385 bits per heavy atom. The molecule has 13 nitrogen and oxygen atoms in total. The maximum absolute atomic E-state index is 9.96. The van der Waals surface area contributed by atoms with Gasteiger partial charge in [-0.25, -0.2) is 4.99 Å². The van der Waals surface area contributed by atoms with Crippen molar-refractivity contribution in [3.8, 4) is 22.3 Å². The Morgan fingerprint density at radius 2 is 0.699 bits per heavy atom. The van der Waals surface area contributed by atoms with Crippen LogP contribution >= 0.6 is 83.3 Å². The van der Waals surface area contributed by atoms with Crippen molar-refractivity contribution in [1.82, 2.24) is 54.8 Å². The number of hydrogen-bond donors (Lipinski definition) is 5. The van der Waals surface area contributed by atoms with Crippen LogP contribution in [0, 0.1) is 13.8 Å². The predicted octanol–water partition coefficient (Wildman–Crippen LogP) is 34.2. The maximum atomic E-state index is 9.96. The SMILES string of the molecule is BrBr.C.C.CCC1=C(CC)/C(=C(\c2ccccc2)c2[nH]c(Br)c(CC)c2CC)N=C1Br.CCC1=C(CC)c2nc1nc1[n-]c(c(CC)c1CC)c(-c1ccccc1)c1nc(nc3[n-]c(c(CC)c3CC)c2-c2ccccc2)C(CC)=C1CC.CCc1c(C)[nH]c(C(c2ccccc2)c2[nH]c(C)c(CC)c2CC)c1CC.CCc1c[nH]c(C(c2ccccc2)c2[nH]cc(CC)c2CC)c1CC.ClCCl.[2H]CF.[Cu+2].[HH].[HH].[HH].[HH].[HH].[Na+].[OH-]. The van der Waals surface area contributed by atoms with Crippen molar-refractivity contribution >= 4 is 138 Å². The van der Waals surface area contributed by atoms with E-state index in [0.29, 0.717) is 0 Å². The molecule has 0 atom stereocenters. The van der Waals surface area contributed by atoms with Gasteiger partial charge in [-0.3, -0.25) is 14.4 Å². The fourth-order valence-electron chi connectivity index (χ4n) is 21.4. The summed E-state index contributed by atoms with van der Waals surface area (Å²) in [5.41, 5.74) is 52.0. The maximum Gasteiger partial charge on any atom is 2.00 e. The Bertz CT molecular complexity index is 6350. The number of aromatic amines is 5. The molecule has 5 aromatic carbocycles. The monoisotopic (exact) mass is 2290 g/mol. The number of halogens is 7. The second-order valence-corrected chi connectivity index (χ2v) is 36.8. The number of rotatable bonds is 30. The van der Waals surface area contributed by atoms with E-state index in [1.165, 1.54) is 173 Å². The number of allylic oxidation sites excluding steroid dienone is 6. The predicted molar refractivity (Wildman–Crippen MR) is 631 cm³/mol. The van der Waals surface area contributed by atoms with Gasteiger partial charge < -0.3 is 50.3 Å². The molecule has 3 aliphatic heterocycles. The molecule has 6 N–H and O–H groups in total. The molecule has 3 aliphatic rings. The molecule has 143 heavy (non-hydrogen) atoms. The Kier molecular flexibility index (Phi) is 53.4. The van der Waals surface area contributed by atoms with E-state index >= 15 is 0 Å². The fourth-order valence-corrected chi connectivity index (χ4v) is 22.8. The van der Waals surface area contributed by atoms with Crippen LogP contribution < -0.4 is 39.5 Å². The number of H-pyrrole nitrogens is 5. The number of nitrogens with one attached hydrogen (secondary N) is 5. The van der Waals surface area contributed by atoms with Crippen molar-refractivity contribution in [2.45, 2.75) is 307 Å². The quantitative estimate of drug-likeness (QED) is 0.0218. The molecule has 0 unspecified atom stereocenters. The third-order valence-corrected chi connectivity index (χ3v) is 28.9. The molecule has 1 radical (unpaired) electrons. The average molecular weight is 2300 g/mol. The number of alkyl halides is 3. The Hall–Kier alpha value is -7.98. The molecule has 775 valence electrons. The summed E-state index contributed by atoms with van der Waals surface area (Å²) in [7, 11) is -1.00. The van der Waals surface area contributed by atoms with Gasteiger partial charge in [-0.15, -0.1) is 23.2 Å². The summed E-state index contributed by atoms with van der Waals surface area (Å²) in [6.07, 6.45) is 23.6. The van der Waals surface area contributed by atoms with E-state index in [4.69, 9.17) is 59.5 Å². The summed E-state index contributed by atoms with van der Waals surface area (Å²) in [5, 5.41) is 0.194. The zero-order valence-electron chi connectivity index (χ0n) is 88.3. The first-order valence-corrected chi connectivity index (χ1v) is 56.7. The summed E-state index contributed by atoms with van der Waals surface area (Å²) >= 11 is 22.5. The topological polar surface area (TPSA) is 201 Å². The molecular formula is C121H164Br4Cl2CuFN12NaO. The third-order valence-electron chi connectivity index (χ3n) is 27.6. The summed E-state index contributed by atoms with van der Waals surface area (Å²) < 4.78 is 17.6. The minimum Gasteiger partial charge on any atom is -0.870 e. The summed E-state index contributed by atoms with van der Waals surface area (Å²) in [6, 6.07) is 53.8. The minimum atomic E-state index is -1.00. The average Bonchev–Trinajstić information content (AvgIpc) is 1.58. The molecule has 8 bridgehead atoms. The van der Waals surface area contributed by atoms with Crippen LogP contribution in [-0.4, -0.2) is 67.4 Å². The van der Waals surface area contributed by atoms with Crippen LogP contribution in [0.25, 0.3) is 72.4 Å². The standard InChI is InChI=1S/C46H50N6.C25H34N2.C23H26Br2N2.C23H30N2.CH2Cl2.CH3F.2CH4.Br2.Cu.Na.H2O.5H2/c1-9-29-33(13-5)43-47-39(29)37(27-23-19-17-20-24-27)40-30(10-2)34(14-6)45(48-40)52-46-36(16-8)32(12-4)42(50-46)38(28-25-21-18-22-26-28)41-31(11-3)35(15-7)44(49-41)51-43;1-7-19-16(5)26-24(21(19)9-3)23(18-14-12-11-13-15-18)25-22(10-4)20(8-2)17(6)27-25;1-5-15-17(7-3)22(24)26-20(15)19(14-12-10-9-11-13-14)21-16(6-2)18(8-4)23(25)27-21;1-5-16-14-24-22(19(16)7-3)21(18-12-10-9-11-13-18)23-20(8-4)17(6-2)15-25-23;2-1-3;1-2;;;1-2;;;;;;;;/h17-26H,9-16H2,1-8H3;11-15,23,26-27H,7-10H2,1-6H3;9-13,26H,5-8H2,1-4H3;9-15,21,24-25H,5-8H2,1-4H3;1H2;1H3;2*1H4;;;;1H2;5*1H/q-2;;;;;;;;;+2;+1;;;;;;/p-1/b;;21-19-;;;;;;;;;;;;;;/i;;;;;1D;;;;;;;;;;;. The van der Waals surface area contributed by atoms with Gasteiger partial charge in [0.15, 0.2) is 0 Å². The summed E-state index contributed by atoms with van der Waals surface area (Å²) in [6.45, 7) is 49.2. The first kappa shape index (κ1) is 124. The largest absolute Gasteiger partial charge is 2.00 e. The number of aromatic nitrogens is 11. The van der Waals surface area contributed by atoms with E-state index in [9.17, 15) is 4.39 Å². The van der Waals surface area contributed by atoms with Crippen molar-refractivity contribution < 1.29 is 65.0 Å². The van der Waals surface area contributed by atoms with Crippen LogP contribution in [-0.2, 0) is 107 Å². The van der Waals surface area contributed by atoms with Crippen LogP contribution in [0.4, 0.5) is 4.39 Å². The van der Waals surface area contributed by atoms with E-state index in [0.717, 1.165) is 211 Å². The van der Waals surface area contributed by atoms with Crippen LogP contribution in [0.1, 0.15) is 370 Å². The number of aryl methyl sites for hydroxylation is 8. The smallest absolute Gasteiger partial charge is 0.870 e. The van der Waals surface area contributed by atoms with E-state index in [1.807, 2.05) is 0 Å². The first-order chi connectivity index (χ1) is 67.7. The zero-order valence-corrected chi connectivity index (χ0v) is 98.1. The zero-order chi connectivity index (χ0) is 101. The van der Waals surface area contributed by atoms with Gasteiger partial charge in [0, 0.05) is 98.6 Å². The van der Waals surface area contributed by atoms with Gasteiger partial charge in [-0.05, 0) is 324 Å². The Labute approximate surface area is 939 Å². The number of nitrogens with zero attached hydrogens (tertiary/aromatic N) is 7. The molecule has 0 saturated carbocycles. The van der Waals surface area contributed by atoms with Crippen LogP contribution in [0.5, 0.6) is 0 Å². The van der Waals surface area contributed by atoms with Gasteiger partial charge in [-0.1, -0.05) is 316 Å². The molecule has 8 aromatic heterocycles. The number of aliphatic imine (C=N–C) groups is 1. The molecule has 0 saturated heterocycles. The fraction of sp³-hybridized carbons (Fsp3) is 0.397. The van der Waals surface area contributed by atoms with Gasteiger partial charge in [0.25, 0.3) is 0 Å². The van der Waals surface area contributed by atoms with Crippen molar-refractivity contribution in [3.05, 3.63) is 343 Å². The Balaban J connectivity index is 0.00000196. The van der Waals surface area contributed by atoms with Crippen molar-refractivity contribution in [2.75, 3.05) is 12.5 Å². The van der Waals surface area contributed by atoms with E-state index in [1.54, 1.807) is 0 Å². The van der Waals surface area contributed by atoms with Gasteiger partial charge in [0.2, 0.25) is 0 Å². The van der Waals surface area contributed by atoms with Gasteiger partial charge in [0.05, 0.1) is 64.7 Å². The van der Waals surface area contributed by atoms with Gasteiger partial charge >= 0.3 is 46.6 Å². The minimum absolute atomic E-state index is 0. The second kappa shape index (κ2) is 61.7. The van der Waals surface area contributed by atoms with E-state index < -0.39 is 7.15 Å². The van der Waals surface area contributed by atoms with Crippen LogP contribution in [0.2, 0.25) is 0 Å². The third kappa shape index (κ3) is 27.0. The number of fused-ring (bicyclic) bond motifs is 8. The van der Waals surface area contributed by atoms with Crippen molar-refractivity contribution in [3.63, 3.8) is 0 Å². The molecule has 11 heterocycles. The normalized spacial score (nSPS) is 12.3. The second-order valence-electron chi connectivity index (χ2n) is 34.4. The first-order valence-electron chi connectivity index (χ1n) is 51.1. The molecule has 0 aliphatic carbocycles. The van der Waals surface area contributed by atoms with Crippen LogP contribution in [0.3, 0.4) is 0 Å². The molecule has 0 spiro atoms. The van der Waals surface area contributed by atoms with Crippen LogP contribution in [0.15, 0.2) is 190 Å². The number of hydrogen-bond acceptors (Lipinski definition) is 6. The summed E-state index contributed by atoms with van der Waals surface area (Å²) in [5.74, 6) is 2.00. The van der Waals surface area contributed by atoms with Gasteiger partial charge in [0.1, 0.15) is 4.62 Å². The molecule has 22 heteroatoms. The summed E-state index contributed by atoms with van der Waals surface area (Å²) in [4.78, 5) is 56.2. The van der Waals surface area contributed by atoms with Gasteiger partial charge in [-0.2, -0.15) is 0 Å². The molecular weight excluding hydrogens is 2130 g/mol. The molecule has 0 amide bonds.